The first-order chi connectivity index (χ1) is 13.5. The van der Waals surface area contributed by atoms with Gasteiger partial charge in [0.05, 0.1) is 0 Å². The van der Waals surface area contributed by atoms with E-state index in [1.54, 1.807) is 36.4 Å². The van der Waals surface area contributed by atoms with Gasteiger partial charge in [-0.25, -0.2) is 9.78 Å². The summed E-state index contributed by atoms with van der Waals surface area (Å²) in [7, 11) is 0. The van der Waals surface area contributed by atoms with Crippen molar-refractivity contribution in [2.75, 3.05) is 17.2 Å². The molecular weight excluding hydrogens is 362 g/mol. The van der Waals surface area contributed by atoms with E-state index in [-0.39, 0.29) is 11.8 Å². The van der Waals surface area contributed by atoms with E-state index < -0.39 is 18.5 Å². The number of hydrogen-bond acceptors (Lipinski definition) is 6. The molecule has 1 aromatic heterocycles. The number of rotatable bonds is 6. The van der Waals surface area contributed by atoms with Gasteiger partial charge in [0.15, 0.2) is 12.2 Å². The van der Waals surface area contributed by atoms with E-state index >= 15 is 0 Å². The van der Waals surface area contributed by atoms with Gasteiger partial charge in [0.2, 0.25) is 11.8 Å². The summed E-state index contributed by atoms with van der Waals surface area (Å²) in [4.78, 5) is 38.9. The number of para-hydroxylation sites is 2. The van der Waals surface area contributed by atoms with Crippen LogP contribution in [0.15, 0.2) is 59.0 Å². The van der Waals surface area contributed by atoms with Gasteiger partial charge in [-0.3, -0.25) is 9.59 Å². The lowest BCUT2D eigenvalue weighted by atomic mass is 10.2. The highest BCUT2D eigenvalue weighted by molar-refractivity contribution is 5.95. The Kier molecular flexibility index (Phi) is 5.81. The van der Waals surface area contributed by atoms with E-state index in [9.17, 15) is 14.4 Å². The Labute approximate surface area is 160 Å². The molecular formula is C20H17N3O5. The van der Waals surface area contributed by atoms with Crippen molar-refractivity contribution < 1.29 is 23.5 Å². The van der Waals surface area contributed by atoms with Crippen LogP contribution in [0.3, 0.4) is 0 Å². The van der Waals surface area contributed by atoms with Crippen molar-refractivity contribution in [1.29, 1.82) is 0 Å². The maximum Gasteiger partial charge on any atom is 0.331 e. The van der Waals surface area contributed by atoms with Crippen LogP contribution < -0.4 is 10.6 Å². The van der Waals surface area contributed by atoms with Crippen LogP contribution in [0.4, 0.5) is 11.4 Å². The van der Waals surface area contributed by atoms with E-state index in [0.29, 0.717) is 22.5 Å². The molecule has 0 radical (unpaired) electrons. The maximum absolute atomic E-state index is 11.9. The maximum atomic E-state index is 11.9. The van der Waals surface area contributed by atoms with Gasteiger partial charge < -0.3 is 19.8 Å². The fourth-order valence-electron chi connectivity index (χ4n) is 2.36. The van der Waals surface area contributed by atoms with Crippen molar-refractivity contribution in [3.8, 4) is 0 Å². The summed E-state index contributed by atoms with van der Waals surface area (Å²) in [6, 6.07) is 13.8. The topological polar surface area (TPSA) is 111 Å². The normalized spacial score (nSPS) is 10.8. The first-order valence-electron chi connectivity index (χ1n) is 8.37. The quantitative estimate of drug-likeness (QED) is 0.503. The van der Waals surface area contributed by atoms with Crippen LogP contribution in [0.2, 0.25) is 0 Å². The number of carbonyl (C=O) groups excluding carboxylic acids is 3. The van der Waals surface area contributed by atoms with E-state index in [1.807, 2.05) is 12.1 Å². The summed E-state index contributed by atoms with van der Waals surface area (Å²) in [5.74, 6) is -1.17. The average Bonchev–Trinajstić information content (AvgIpc) is 3.07. The third kappa shape index (κ3) is 5.28. The Hall–Kier alpha value is -3.94. The summed E-state index contributed by atoms with van der Waals surface area (Å²) in [6.07, 6.45) is 2.51. The highest BCUT2D eigenvalue weighted by Gasteiger charge is 2.07. The molecule has 1 heterocycles. The zero-order valence-corrected chi connectivity index (χ0v) is 15.0. The highest BCUT2D eigenvalue weighted by atomic mass is 16.5. The highest BCUT2D eigenvalue weighted by Crippen LogP contribution is 2.16. The van der Waals surface area contributed by atoms with Crippen LogP contribution in [-0.4, -0.2) is 29.4 Å². The van der Waals surface area contributed by atoms with E-state index in [1.165, 1.54) is 13.0 Å². The van der Waals surface area contributed by atoms with Gasteiger partial charge in [0.1, 0.15) is 5.52 Å². The van der Waals surface area contributed by atoms with Crippen LogP contribution >= 0.6 is 0 Å². The number of benzene rings is 2. The van der Waals surface area contributed by atoms with Crippen molar-refractivity contribution in [3.05, 3.63) is 60.5 Å². The number of esters is 1. The summed E-state index contributed by atoms with van der Waals surface area (Å²) in [5, 5.41) is 5.19. The lowest BCUT2D eigenvalue weighted by Gasteiger charge is -2.07. The first-order valence-corrected chi connectivity index (χ1v) is 8.37. The van der Waals surface area contributed by atoms with Gasteiger partial charge in [-0.05, 0) is 30.3 Å². The van der Waals surface area contributed by atoms with Crippen molar-refractivity contribution in [1.82, 2.24) is 4.98 Å². The zero-order valence-electron chi connectivity index (χ0n) is 15.0. The molecule has 0 unspecified atom stereocenters. The standard InChI is InChI=1S/C20H17N3O5/c1-13(24)21-14-5-4-6-15(11-14)22-18(25)12-27-20(26)10-9-19-23-16-7-2-3-8-17(16)28-19/h2-11H,12H2,1H3,(H,21,24)(H,22,25)/b10-9+. The molecule has 0 bridgehead atoms. The minimum atomic E-state index is -0.704. The van der Waals surface area contributed by atoms with Crippen LogP contribution in [0.5, 0.6) is 0 Å². The number of fused-ring (bicyclic) bond motifs is 1. The molecule has 0 aliphatic carbocycles. The molecule has 0 saturated carbocycles. The molecule has 2 aromatic carbocycles. The molecule has 2 amide bonds. The average molecular weight is 379 g/mol. The number of oxazole rings is 1. The second-order valence-electron chi connectivity index (χ2n) is 5.77. The van der Waals surface area contributed by atoms with Crippen LogP contribution in [0.25, 0.3) is 17.2 Å². The smallest absolute Gasteiger partial charge is 0.331 e. The van der Waals surface area contributed by atoms with Crippen molar-refractivity contribution >= 4 is 46.3 Å². The number of aromatic nitrogens is 1. The number of hydrogen-bond donors (Lipinski definition) is 2. The largest absolute Gasteiger partial charge is 0.452 e. The predicted octanol–water partition coefficient (Wildman–Crippen LogP) is 2.98. The number of carbonyl (C=O) groups is 3. The summed E-state index contributed by atoms with van der Waals surface area (Å²) in [5.41, 5.74) is 2.30. The summed E-state index contributed by atoms with van der Waals surface area (Å²) < 4.78 is 10.3. The third-order valence-corrected chi connectivity index (χ3v) is 3.48. The second-order valence-corrected chi connectivity index (χ2v) is 5.77. The van der Waals surface area contributed by atoms with Gasteiger partial charge in [0.25, 0.3) is 5.91 Å². The summed E-state index contributed by atoms with van der Waals surface area (Å²) >= 11 is 0. The molecule has 142 valence electrons. The summed E-state index contributed by atoms with van der Waals surface area (Å²) in [6.45, 7) is 0.931. The molecule has 2 N–H and O–H groups in total. The van der Waals surface area contributed by atoms with Gasteiger partial charge >= 0.3 is 5.97 Å². The van der Waals surface area contributed by atoms with E-state index in [0.717, 1.165) is 6.08 Å². The van der Waals surface area contributed by atoms with E-state index in [2.05, 4.69) is 15.6 Å². The van der Waals surface area contributed by atoms with Gasteiger partial charge in [-0.1, -0.05) is 18.2 Å². The fraction of sp³-hybridized carbons (Fsp3) is 0.100. The molecule has 0 saturated heterocycles. The Bertz CT molecular complexity index is 1020. The minimum absolute atomic E-state index is 0.219. The molecule has 0 fully saturated rings. The van der Waals surface area contributed by atoms with Crippen LogP contribution in [0.1, 0.15) is 12.8 Å². The van der Waals surface area contributed by atoms with Gasteiger partial charge in [-0.2, -0.15) is 0 Å². The SMILES string of the molecule is CC(=O)Nc1cccc(NC(=O)COC(=O)/C=C/c2nc3ccccc3o2)c1. The van der Waals surface area contributed by atoms with Crippen molar-refractivity contribution in [2.45, 2.75) is 6.92 Å². The minimum Gasteiger partial charge on any atom is -0.452 e. The number of anilines is 2. The zero-order chi connectivity index (χ0) is 19.9. The monoisotopic (exact) mass is 379 g/mol. The molecule has 8 nitrogen and oxygen atoms in total. The second kappa shape index (κ2) is 8.63. The molecule has 0 spiro atoms. The fourth-order valence-corrected chi connectivity index (χ4v) is 2.36. The van der Waals surface area contributed by atoms with E-state index in [4.69, 9.17) is 9.15 Å². The molecule has 28 heavy (non-hydrogen) atoms. The first kappa shape index (κ1) is 18.8. The number of nitrogens with zero attached hydrogens (tertiary/aromatic N) is 1. The van der Waals surface area contributed by atoms with Crippen LogP contribution in [0, 0.1) is 0 Å². The Balaban J connectivity index is 1.50. The lowest BCUT2D eigenvalue weighted by molar-refractivity contribution is -0.142. The molecule has 0 atom stereocenters. The Morgan fingerprint density at radius 3 is 2.57 bits per heavy atom. The number of ether oxygens (including phenoxy) is 1. The molecule has 0 aliphatic heterocycles. The predicted molar refractivity (Wildman–Crippen MR) is 103 cm³/mol. The Morgan fingerprint density at radius 2 is 1.82 bits per heavy atom. The number of amides is 2. The van der Waals surface area contributed by atoms with Gasteiger partial charge in [0, 0.05) is 30.5 Å². The molecule has 3 aromatic rings. The molecule has 3 rings (SSSR count). The van der Waals surface area contributed by atoms with Crippen molar-refractivity contribution in [3.63, 3.8) is 0 Å². The van der Waals surface area contributed by atoms with Crippen LogP contribution in [-0.2, 0) is 19.1 Å². The Morgan fingerprint density at radius 1 is 1.07 bits per heavy atom. The van der Waals surface area contributed by atoms with Gasteiger partial charge in [-0.15, -0.1) is 0 Å². The lowest BCUT2D eigenvalue weighted by Crippen LogP contribution is -2.20. The molecule has 0 aliphatic rings. The van der Waals surface area contributed by atoms with Crippen molar-refractivity contribution in [2.24, 2.45) is 0 Å². The molecule has 8 heteroatoms. The number of nitrogens with one attached hydrogen (secondary N) is 2. The third-order valence-electron chi connectivity index (χ3n) is 3.48.